The Balaban J connectivity index is 1.63. The van der Waals surface area contributed by atoms with Crippen LogP contribution in [0.3, 0.4) is 0 Å². The summed E-state index contributed by atoms with van der Waals surface area (Å²) in [6.45, 7) is 5.69. The summed E-state index contributed by atoms with van der Waals surface area (Å²) in [7, 11) is 0. The van der Waals surface area contributed by atoms with Gasteiger partial charge in [0.15, 0.2) is 0 Å². The maximum Gasteiger partial charge on any atom is 0.407 e. The maximum atomic E-state index is 13.0. The van der Waals surface area contributed by atoms with Gasteiger partial charge in [0.2, 0.25) is 0 Å². The van der Waals surface area contributed by atoms with E-state index < -0.39 is 16.6 Å². The third-order valence-electron chi connectivity index (χ3n) is 5.33. The van der Waals surface area contributed by atoms with Gasteiger partial charge in [0.25, 0.3) is 11.6 Å². The highest BCUT2D eigenvalue weighted by Crippen LogP contribution is 2.39. The van der Waals surface area contributed by atoms with Crippen molar-refractivity contribution in [3.8, 4) is 0 Å². The molecule has 3 aromatic carbocycles. The summed E-state index contributed by atoms with van der Waals surface area (Å²) in [5.74, 6) is -0.352. The molecule has 0 fully saturated rings. The average molecular weight is 487 g/mol. The molecule has 0 atom stereocenters. The SMILES string of the molecule is CC(C)(C)OC(=O)NCc1ccc(N/C(=C2\C(=O)Nc3ccc([N+](=O)[O-])cc32)c2ccccc2)cc1. The van der Waals surface area contributed by atoms with Crippen LogP contribution in [0.4, 0.5) is 21.9 Å². The Morgan fingerprint density at radius 1 is 1.03 bits per heavy atom. The second-order valence-corrected chi connectivity index (χ2v) is 9.23. The summed E-state index contributed by atoms with van der Waals surface area (Å²) < 4.78 is 5.26. The highest BCUT2D eigenvalue weighted by molar-refractivity contribution is 6.37. The predicted molar refractivity (Wildman–Crippen MR) is 138 cm³/mol. The lowest BCUT2D eigenvalue weighted by atomic mass is 9.99. The van der Waals surface area contributed by atoms with Crippen LogP contribution in [-0.4, -0.2) is 22.5 Å². The molecule has 4 rings (SSSR count). The number of hydrogen-bond acceptors (Lipinski definition) is 6. The molecule has 0 aromatic heterocycles. The van der Waals surface area contributed by atoms with Crippen molar-refractivity contribution < 1.29 is 19.2 Å². The summed E-state index contributed by atoms with van der Waals surface area (Å²) in [6.07, 6.45) is -0.499. The van der Waals surface area contributed by atoms with Crippen molar-refractivity contribution in [1.82, 2.24) is 5.32 Å². The summed E-state index contributed by atoms with van der Waals surface area (Å²) in [4.78, 5) is 35.8. The van der Waals surface area contributed by atoms with Gasteiger partial charge in [-0.05, 0) is 50.1 Å². The van der Waals surface area contributed by atoms with E-state index >= 15 is 0 Å². The second-order valence-electron chi connectivity index (χ2n) is 9.23. The van der Waals surface area contributed by atoms with Gasteiger partial charge in [-0.3, -0.25) is 14.9 Å². The van der Waals surface area contributed by atoms with Crippen LogP contribution in [-0.2, 0) is 16.1 Å². The first kappa shape index (κ1) is 24.5. The Hall–Kier alpha value is -4.66. The van der Waals surface area contributed by atoms with E-state index in [4.69, 9.17) is 4.74 Å². The lowest BCUT2D eigenvalue weighted by molar-refractivity contribution is -0.384. The number of amides is 2. The molecule has 9 nitrogen and oxygen atoms in total. The molecule has 36 heavy (non-hydrogen) atoms. The first-order valence-electron chi connectivity index (χ1n) is 11.3. The Morgan fingerprint density at radius 2 is 1.72 bits per heavy atom. The molecule has 1 aliphatic rings. The minimum atomic E-state index is -0.579. The van der Waals surface area contributed by atoms with E-state index in [1.54, 1.807) is 20.8 Å². The van der Waals surface area contributed by atoms with Crippen molar-refractivity contribution in [2.75, 3.05) is 10.6 Å². The minimum Gasteiger partial charge on any atom is -0.444 e. The quantitative estimate of drug-likeness (QED) is 0.238. The lowest BCUT2D eigenvalue weighted by Crippen LogP contribution is -2.32. The number of nitro groups is 1. The van der Waals surface area contributed by atoms with Gasteiger partial charge in [-0.25, -0.2) is 4.79 Å². The number of hydrogen-bond donors (Lipinski definition) is 3. The fourth-order valence-corrected chi connectivity index (χ4v) is 3.74. The number of non-ortho nitro benzene ring substituents is 1. The molecule has 184 valence electrons. The van der Waals surface area contributed by atoms with Crippen molar-refractivity contribution in [2.45, 2.75) is 32.9 Å². The lowest BCUT2D eigenvalue weighted by Gasteiger charge is -2.19. The molecule has 2 amide bonds. The molecule has 1 heterocycles. The van der Waals surface area contributed by atoms with Crippen molar-refractivity contribution >= 4 is 40.3 Å². The summed E-state index contributed by atoms with van der Waals surface area (Å²) >= 11 is 0. The van der Waals surface area contributed by atoms with Crippen LogP contribution in [0.25, 0.3) is 11.3 Å². The molecule has 0 unspecified atom stereocenters. The number of nitrogens with zero attached hydrogens (tertiary/aromatic N) is 1. The van der Waals surface area contributed by atoms with E-state index in [-0.39, 0.29) is 11.6 Å². The summed E-state index contributed by atoms with van der Waals surface area (Å²) in [5, 5.41) is 20.2. The molecule has 0 spiro atoms. The fraction of sp³-hybridized carbons (Fsp3) is 0.185. The van der Waals surface area contributed by atoms with Crippen LogP contribution in [0.5, 0.6) is 0 Å². The van der Waals surface area contributed by atoms with Gasteiger partial charge in [0, 0.05) is 35.6 Å². The smallest absolute Gasteiger partial charge is 0.407 e. The van der Waals surface area contributed by atoms with E-state index in [0.717, 1.165) is 11.1 Å². The number of benzene rings is 3. The number of anilines is 2. The molecule has 0 saturated carbocycles. The van der Waals surface area contributed by atoms with Crippen LogP contribution in [0, 0.1) is 10.1 Å². The van der Waals surface area contributed by atoms with Crippen LogP contribution < -0.4 is 16.0 Å². The van der Waals surface area contributed by atoms with E-state index in [1.165, 1.54) is 18.2 Å². The molecular formula is C27H26N4O5. The maximum absolute atomic E-state index is 13.0. The van der Waals surface area contributed by atoms with Gasteiger partial charge < -0.3 is 20.7 Å². The van der Waals surface area contributed by atoms with E-state index in [9.17, 15) is 19.7 Å². The first-order chi connectivity index (χ1) is 17.1. The summed E-state index contributed by atoms with van der Waals surface area (Å²) in [6, 6.07) is 20.9. The first-order valence-corrected chi connectivity index (χ1v) is 11.3. The zero-order chi connectivity index (χ0) is 25.9. The number of ether oxygens (including phenoxy) is 1. The Kier molecular flexibility index (Phi) is 6.73. The number of rotatable bonds is 6. The van der Waals surface area contributed by atoms with Crippen molar-refractivity contribution in [3.05, 3.63) is 99.6 Å². The fourth-order valence-electron chi connectivity index (χ4n) is 3.74. The van der Waals surface area contributed by atoms with Crippen molar-refractivity contribution in [3.63, 3.8) is 0 Å². The van der Waals surface area contributed by atoms with Gasteiger partial charge >= 0.3 is 6.09 Å². The third-order valence-corrected chi connectivity index (χ3v) is 5.33. The third kappa shape index (κ3) is 5.69. The van der Waals surface area contributed by atoms with Crippen LogP contribution in [0.1, 0.15) is 37.5 Å². The normalized spacial score (nSPS) is 13.9. The zero-order valence-corrected chi connectivity index (χ0v) is 20.1. The summed E-state index contributed by atoms with van der Waals surface area (Å²) in [5.41, 5.74) is 3.44. The number of alkyl carbamates (subject to hydrolysis) is 1. The zero-order valence-electron chi connectivity index (χ0n) is 20.1. The molecule has 3 aromatic rings. The monoisotopic (exact) mass is 486 g/mol. The molecule has 0 saturated heterocycles. The second kappa shape index (κ2) is 9.91. The average Bonchev–Trinajstić information content (AvgIpc) is 3.16. The van der Waals surface area contributed by atoms with E-state index in [2.05, 4.69) is 16.0 Å². The van der Waals surface area contributed by atoms with Crippen LogP contribution in [0.2, 0.25) is 0 Å². The molecule has 0 bridgehead atoms. The van der Waals surface area contributed by atoms with Gasteiger partial charge in [-0.1, -0.05) is 42.5 Å². The number of carbonyl (C=O) groups excluding carboxylic acids is 2. The largest absolute Gasteiger partial charge is 0.444 e. The van der Waals surface area contributed by atoms with Gasteiger partial charge in [-0.2, -0.15) is 0 Å². The Labute approximate surface area is 208 Å². The van der Waals surface area contributed by atoms with Gasteiger partial charge in [0.05, 0.1) is 16.2 Å². The molecular weight excluding hydrogens is 460 g/mol. The van der Waals surface area contributed by atoms with Crippen molar-refractivity contribution in [2.24, 2.45) is 0 Å². The van der Waals surface area contributed by atoms with Crippen LogP contribution >= 0.6 is 0 Å². The minimum absolute atomic E-state index is 0.1000. The number of fused-ring (bicyclic) bond motifs is 1. The van der Waals surface area contributed by atoms with E-state index in [0.29, 0.717) is 34.8 Å². The molecule has 0 radical (unpaired) electrons. The van der Waals surface area contributed by atoms with Gasteiger partial charge in [0.1, 0.15) is 5.60 Å². The van der Waals surface area contributed by atoms with E-state index in [1.807, 2.05) is 54.6 Å². The number of nitrogens with one attached hydrogen (secondary N) is 3. The Bertz CT molecular complexity index is 1340. The van der Waals surface area contributed by atoms with Crippen LogP contribution in [0.15, 0.2) is 72.8 Å². The molecule has 3 N–H and O–H groups in total. The predicted octanol–water partition coefficient (Wildman–Crippen LogP) is 5.55. The number of carbonyl (C=O) groups is 2. The van der Waals surface area contributed by atoms with Gasteiger partial charge in [-0.15, -0.1) is 0 Å². The molecule has 9 heteroatoms. The highest BCUT2D eigenvalue weighted by atomic mass is 16.6. The van der Waals surface area contributed by atoms with Crippen molar-refractivity contribution in [1.29, 1.82) is 0 Å². The molecule has 1 aliphatic heterocycles. The Morgan fingerprint density at radius 3 is 2.36 bits per heavy atom. The number of nitro benzene ring substituents is 1. The topological polar surface area (TPSA) is 123 Å². The highest BCUT2D eigenvalue weighted by Gasteiger charge is 2.30. The standard InChI is InChI=1S/C27H26N4O5/c1-27(2,3)36-26(33)28-16-17-9-11-19(12-10-17)29-24(18-7-5-4-6-8-18)23-21-15-20(31(34)35)13-14-22(21)30-25(23)32/h4-15,29H,16H2,1-3H3,(H,28,33)(H,30,32)/b24-23-. The molecule has 0 aliphatic carbocycles.